The number of rotatable bonds is 2. The summed E-state index contributed by atoms with van der Waals surface area (Å²) in [6.45, 7) is 3.14. The van der Waals surface area contributed by atoms with Crippen LogP contribution in [-0.2, 0) is 6.42 Å². The Morgan fingerprint density at radius 3 is 3.00 bits per heavy atom. The lowest BCUT2D eigenvalue weighted by Gasteiger charge is -2.18. The van der Waals surface area contributed by atoms with E-state index in [1.807, 2.05) is 7.05 Å². The van der Waals surface area contributed by atoms with Crippen LogP contribution in [-0.4, -0.2) is 13.6 Å². The van der Waals surface area contributed by atoms with Gasteiger partial charge in [0.15, 0.2) is 0 Å². The number of likely N-dealkylation sites (N-methyl/N-ethyl adjacent to an activating group) is 1. The Balaban J connectivity index is 2.40. The molecule has 0 aliphatic heterocycles. The molecule has 0 fully saturated rings. The molecule has 1 aromatic carbocycles. The normalized spacial score (nSPS) is 14.9. The molecular formula is C13H17N. The van der Waals surface area contributed by atoms with Crippen molar-refractivity contribution in [1.29, 1.82) is 0 Å². The first-order valence-corrected chi connectivity index (χ1v) is 5.25. The summed E-state index contributed by atoms with van der Waals surface area (Å²) in [5, 5.41) is 3.23. The van der Waals surface area contributed by atoms with Crippen LogP contribution >= 0.6 is 0 Å². The molecule has 1 aliphatic carbocycles. The predicted octanol–water partition coefficient (Wildman–Crippen LogP) is 2.54. The van der Waals surface area contributed by atoms with Gasteiger partial charge in [-0.1, -0.05) is 29.8 Å². The van der Waals surface area contributed by atoms with Crippen LogP contribution in [0.25, 0.3) is 5.57 Å². The summed E-state index contributed by atoms with van der Waals surface area (Å²) in [5.74, 6) is 0. The minimum atomic E-state index is 0.983. The van der Waals surface area contributed by atoms with Crippen molar-refractivity contribution in [1.82, 2.24) is 5.32 Å². The van der Waals surface area contributed by atoms with Crippen molar-refractivity contribution in [2.45, 2.75) is 19.8 Å². The number of allylic oxidation sites excluding steroid dienone is 1. The molecule has 2 rings (SSSR count). The molecule has 1 aliphatic rings. The third-order valence-corrected chi connectivity index (χ3v) is 2.78. The van der Waals surface area contributed by atoms with E-state index in [2.05, 4.69) is 36.5 Å². The quantitative estimate of drug-likeness (QED) is 0.750. The Kier molecular flexibility index (Phi) is 2.69. The van der Waals surface area contributed by atoms with E-state index in [1.54, 1.807) is 0 Å². The summed E-state index contributed by atoms with van der Waals surface area (Å²) in [4.78, 5) is 0. The second-order valence-electron chi connectivity index (χ2n) is 3.96. The topological polar surface area (TPSA) is 12.0 Å². The van der Waals surface area contributed by atoms with E-state index in [4.69, 9.17) is 0 Å². The van der Waals surface area contributed by atoms with Crippen molar-refractivity contribution in [2.75, 3.05) is 13.6 Å². The average molecular weight is 187 g/mol. The maximum atomic E-state index is 3.23. The summed E-state index contributed by atoms with van der Waals surface area (Å²) >= 11 is 0. The van der Waals surface area contributed by atoms with Crippen LogP contribution in [0.15, 0.2) is 24.3 Å². The summed E-state index contributed by atoms with van der Waals surface area (Å²) < 4.78 is 0. The summed E-state index contributed by atoms with van der Waals surface area (Å²) in [6.07, 6.45) is 4.74. The zero-order chi connectivity index (χ0) is 9.97. The van der Waals surface area contributed by atoms with Crippen LogP contribution < -0.4 is 5.32 Å². The van der Waals surface area contributed by atoms with Gasteiger partial charge in [0.25, 0.3) is 0 Å². The van der Waals surface area contributed by atoms with Gasteiger partial charge in [0.1, 0.15) is 0 Å². The molecular weight excluding hydrogens is 170 g/mol. The molecule has 0 amide bonds. The maximum Gasteiger partial charge on any atom is 0.0205 e. The van der Waals surface area contributed by atoms with Crippen molar-refractivity contribution in [3.05, 3.63) is 41.0 Å². The van der Waals surface area contributed by atoms with Crippen molar-refractivity contribution < 1.29 is 0 Å². The second-order valence-corrected chi connectivity index (χ2v) is 3.96. The lowest BCUT2D eigenvalue weighted by molar-refractivity contribution is 0.900. The molecule has 1 heteroatoms. The smallest absolute Gasteiger partial charge is 0.0205 e. The van der Waals surface area contributed by atoms with Gasteiger partial charge in [0.05, 0.1) is 0 Å². The SMILES string of the molecule is CNCC1=CCCc2ccc(C)cc21. The molecule has 1 N–H and O–H groups in total. The summed E-state index contributed by atoms with van der Waals surface area (Å²) in [7, 11) is 2.00. The molecule has 0 atom stereocenters. The van der Waals surface area contributed by atoms with Gasteiger partial charge >= 0.3 is 0 Å². The Morgan fingerprint density at radius 2 is 2.21 bits per heavy atom. The van der Waals surface area contributed by atoms with E-state index in [9.17, 15) is 0 Å². The lowest BCUT2D eigenvalue weighted by atomic mass is 9.89. The fraction of sp³-hybridized carbons (Fsp3) is 0.385. The largest absolute Gasteiger partial charge is 0.316 e. The molecule has 0 saturated carbocycles. The van der Waals surface area contributed by atoms with Gasteiger partial charge in [-0.05, 0) is 43.5 Å². The summed E-state index contributed by atoms with van der Waals surface area (Å²) in [6, 6.07) is 6.78. The van der Waals surface area contributed by atoms with Crippen LogP contribution in [0.2, 0.25) is 0 Å². The molecule has 0 bridgehead atoms. The van der Waals surface area contributed by atoms with E-state index < -0.39 is 0 Å². The van der Waals surface area contributed by atoms with E-state index >= 15 is 0 Å². The molecule has 1 aromatic rings. The first kappa shape index (κ1) is 9.47. The van der Waals surface area contributed by atoms with Crippen LogP contribution in [0.3, 0.4) is 0 Å². The summed E-state index contributed by atoms with van der Waals surface area (Å²) in [5.41, 5.74) is 5.76. The Labute approximate surface area is 85.8 Å². The fourth-order valence-electron chi connectivity index (χ4n) is 2.08. The van der Waals surface area contributed by atoms with Crippen molar-refractivity contribution in [3.63, 3.8) is 0 Å². The predicted molar refractivity (Wildman–Crippen MR) is 61.4 cm³/mol. The minimum Gasteiger partial charge on any atom is -0.316 e. The highest BCUT2D eigenvalue weighted by Gasteiger charge is 2.11. The van der Waals surface area contributed by atoms with Crippen LogP contribution in [0.4, 0.5) is 0 Å². The van der Waals surface area contributed by atoms with E-state index in [-0.39, 0.29) is 0 Å². The van der Waals surface area contributed by atoms with Gasteiger partial charge in [-0.25, -0.2) is 0 Å². The maximum absolute atomic E-state index is 3.23. The number of aryl methyl sites for hydroxylation is 2. The second kappa shape index (κ2) is 3.97. The van der Waals surface area contributed by atoms with Gasteiger partial charge in [0.2, 0.25) is 0 Å². The molecule has 0 unspecified atom stereocenters. The molecule has 1 nitrogen and oxygen atoms in total. The Hall–Kier alpha value is -1.08. The molecule has 0 radical (unpaired) electrons. The van der Waals surface area contributed by atoms with Gasteiger partial charge < -0.3 is 5.32 Å². The monoisotopic (exact) mass is 187 g/mol. The van der Waals surface area contributed by atoms with Crippen LogP contribution in [0.1, 0.15) is 23.1 Å². The van der Waals surface area contributed by atoms with Gasteiger partial charge in [-0.3, -0.25) is 0 Å². The van der Waals surface area contributed by atoms with Crippen molar-refractivity contribution in [3.8, 4) is 0 Å². The zero-order valence-electron chi connectivity index (χ0n) is 8.93. The lowest BCUT2D eigenvalue weighted by Crippen LogP contribution is -2.13. The fourth-order valence-corrected chi connectivity index (χ4v) is 2.08. The highest BCUT2D eigenvalue weighted by molar-refractivity contribution is 5.71. The molecule has 74 valence electrons. The zero-order valence-corrected chi connectivity index (χ0v) is 8.93. The molecule has 0 spiro atoms. The van der Waals surface area contributed by atoms with Crippen molar-refractivity contribution >= 4 is 5.57 Å². The molecule has 0 aromatic heterocycles. The average Bonchev–Trinajstić information content (AvgIpc) is 2.19. The standard InChI is InChI=1S/C13H17N/c1-10-6-7-11-4-3-5-12(9-14-2)13(11)8-10/h5-8,14H,3-4,9H2,1-2H3. The third-order valence-electron chi connectivity index (χ3n) is 2.78. The van der Waals surface area contributed by atoms with E-state index in [1.165, 1.54) is 35.1 Å². The minimum absolute atomic E-state index is 0.983. The van der Waals surface area contributed by atoms with Gasteiger partial charge in [0, 0.05) is 6.54 Å². The van der Waals surface area contributed by atoms with Gasteiger partial charge in [-0.15, -0.1) is 0 Å². The third kappa shape index (κ3) is 1.73. The highest BCUT2D eigenvalue weighted by atomic mass is 14.8. The van der Waals surface area contributed by atoms with Crippen molar-refractivity contribution in [2.24, 2.45) is 0 Å². The van der Waals surface area contributed by atoms with Gasteiger partial charge in [-0.2, -0.15) is 0 Å². The first-order valence-electron chi connectivity index (χ1n) is 5.25. The number of nitrogens with one attached hydrogen (secondary N) is 1. The molecule has 0 saturated heterocycles. The molecule has 0 heterocycles. The van der Waals surface area contributed by atoms with Crippen LogP contribution in [0, 0.1) is 6.92 Å². The number of hydrogen-bond donors (Lipinski definition) is 1. The highest BCUT2D eigenvalue weighted by Crippen LogP contribution is 2.26. The van der Waals surface area contributed by atoms with E-state index in [0.29, 0.717) is 0 Å². The first-order chi connectivity index (χ1) is 6.81. The Bertz CT molecular complexity index is 363. The number of benzene rings is 1. The number of hydrogen-bond acceptors (Lipinski definition) is 1. The molecule has 14 heavy (non-hydrogen) atoms. The Morgan fingerprint density at radius 1 is 1.36 bits per heavy atom. The van der Waals surface area contributed by atoms with E-state index in [0.717, 1.165) is 6.54 Å². The van der Waals surface area contributed by atoms with Crippen LogP contribution in [0.5, 0.6) is 0 Å². The number of fused-ring (bicyclic) bond motifs is 1.